The van der Waals surface area contributed by atoms with E-state index in [-0.39, 0.29) is 12.5 Å². The number of aromatic nitrogens is 3. The second-order valence-corrected chi connectivity index (χ2v) is 5.32. The zero-order chi connectivity index (χ0) is 16.2. The van der Waals surface area contributed by atoms with Crippen LogP contribution in [0.1, 0.15) is 34.5 Å². The van der Waals surface area contributed by atoms with Gasteiger partial charge in [0.25, 0.3) is 5.91 Å². The van der Waals surface area contributed by atoms with E-state index in [0.717, 1.165) is 12.0 Å². The number of carbonyl (C=O) groups is 1. The van der Waals surface area contributed by atoms with E-state index >= 15 is 0 Å². The summed E-state index contributed by atoms with van der Waals surface area (Å²) in [7, 11) is 0. The summed E-state index contributed by atoms with van der Waals surface area (Å²) in [5, 5.41) is 20.1. The number of pyridine rings is 1. The Morgan fingerprint density at radius 2 is 2.04 bits per heavy atom. The van der Waals surface area contributed by atoms with Crippen molar-refractivity contribution < 1.29 is 9.90 Å². The fourth-order valence-electron chi connectivity index (χ4n) is 2.42. The van der Waals surface area contributed by atoms with Gasteiger partial charge in [0.2, 0.25) is 0 Å². The molecule has 0 fully saturated rings. The summed E-state index contributed by atoms with van der Waals surface area (Å²) < 4.78 is 1.68. The highest BCUT2D eigenvalue weighted by Crippen LogP contribution is 2.15. The van der Waals surface area contributed by atoms with Crippen LogP contribution in [0, 0.1) is 0 Å². The van der Waals surface area contributed by atoms with Gasteiger partial charge in [-0.3, -0.25) is 9.20 Å². The molecule has 1 unspecified atom stereocenters. The van der Waals surface area contributed by atoms with Gasteiger partial charge in [0.15, 0.2) is 5.65 Å². The molecule has 23 heavy (non-hydrogen) atoms. The lowest BCUT2D eigenvalue weighted by atomic mass is 10.0. The molecule has 1 atom stereocenters. The smallest absolute Gasteiger partial charge is 0.253 e. The van der Waals surface area contributed by atoms with Crippen molar-refractivity contribution in [2.75, 3.05) is 6.61 Å². The molecule has 0 spiro atoms. The predicted octanol–water partition coefficient (Wildman–Crippen LogP) is 1.76. The van der Waals surface area contributed by atoms with Gasteiger partial charge in [0.1, 0.15) is 6.33 Å². The van der Waals surface area contributed by atoms with Crippen LogP contribution in [-0.4, -0.2) is 32.2 Å². The van der Waals surface area contributed by atoms with E-state index in [1.54, 1.807) is 29.1 Å². The van der Waals surface area contributed by atoms with Crippen molar-refractivity contribution in [1.82, 2.24) is 19.9 Å². The quantitative estimate of drug-likeness (QED) is 0.752. The molecule has 6 nitrogen and oxygen atoms in total. The zero-order valence-electron chi connectivity index (χ0n) is 12.8. The average molecular weight is 310 g/mol. The molecule has 3 rings (SSSR count). The molecule has 2 heterocycles. The minimum Gasteiger partial charge on any atom is -0.394 e. The number of nitrogens with one attached hydrogen (secondary N) is 1. The largest absolute Gasteiger partial charge is 0.394 e. The molecule has 2 aromatic heterocycles. The number of amides is 1. The zero-order valence-corrected chi connectivity index (χ0v) is 12.8. The van der Waals surface area contributed by atoms with Crippen molar-refractivity contribution in [2.45, 2.75) is 19.4 Å². The van der Waals surface area contributed by atoms with Gasteiger partial charge in [0, 0.05) is 6.20 Å². The first-order chi connectivity index (χ1) is 11.2. The molecule has 0 aliphatic heterocycles. The van der Waals surface area contributed by atoms with E-state index in [4.69, 9.17) is 0 Å². The van der Waals surface area contributed by atoms with Gasteiger partial charge in [-0.05, 0) is 29.7 Å². The van der Waals surface area contributed by atoms with Crippen LogP contribution in [0.25, 0.3) is 5.65 Å². The molecule has 2 N–H and O–H groups in total. The van der Waals surface area contributed by atoms with Crippen LogP contribution < -0.4 is 5.32 Å². The average Bonchev–Trinajstić information content (AvgIpc) is 3.07. The third-order valence-corrected chi connectivity index (χ3v) is 3.83. The summed E-state index contributed by atoms with van der Waals surface area (Å²) >= 11 is 0. The van der Waals surface area contributed by atoms with Crippen LogP contribution in [0.15, 0.2) is 48.9 Å². The number of hydrogen-bond donors (Lipinski definition) is 2. The normalized spacial score (nSPS) is 12.3. The van der Waals surface area contributed by atoms with Gasteiger partial charge < -0.3 is 10.4 Å². The molecule has 0 aliphatic rings. The van der Waals surface area contributed by atoms with E-state index in [1.165, 1.54) is 5.56 Å². The van der Waals surface area contributed by atoms with Crippen molar-refractivity contribution in [2.24, 2.45) is 0 Å². The van der Waals surface area contributed by atoms with Crippen LogP contribution in [0.3, 0.4) is 0 Å². The summed E-state index contributed by atoms with van der Waals surface area (Å²) in [6.45, 7) is 1.92. The van der Waals surface area contributed by atoms with E-state index in [1.807, 2.05) is 24.3 Å². The maximum absolute atomic E-state index is 12.4. The Bertz CT molecular complexity index is 811. The summed E-state index contributed by atoms with van der Waals surface area (Å²) in [6, 6.07) is 10.9. The minimum absolute atomic E-state index is 0.161. The van der Waals surface area contributed by atoms with Crippen LogP contribution >= 0.6 is 0 Å². The van der Waals surface area contributed by atoms with Crippen LogP contribution in [0.4, 0.5) is 0 Å². The Labute approximate surface area is 133 Å². The topological polar surface area (TPSA) is 79.5 Å². The third kappa shape index (κ3) is 3.22. The lowest BCUT2D eigenvalue weighted by Gasteiger charge is -2.17. The Hall–Kier alpha value is -2.73. The van der Waals surface area contributed by atoms with Crippen LogP contribution in [0.5, 0.6) is 0 Å². The molecule has 118 valence electrons. The number of hydrogen-bond acceptors (Lipinski definition) is 4. The Morgan fingerprint density at radius 1 is 1.26 bits per heavy atom. The standard InChI is InChI=1S/C17H18N4O2/c1-2-12-3-5-13(6-4-12)15(10-22)19-17(23)14-7-8-16-20-18-11-21(16)9-14/h3-9,11,15,22H,2,10H2,1H3,(H,19,23). The minimum atomic E-state index is -0.440. The van der Waals surface area contributed by atoms with Crippen molar-refractivity contribution in [3.8, 4) is 0 Å². The molecular formula is C17H18N4O2. The van der Waals surface area contributed by atoms with E-state index < -0.39 is 6.04 Å². The number of nitrogens with zero attached hydrogens (tertiary/aromatic N) is 3. The molecule has 3 aromatic rings. The molecule has 0 radical (unpaired) electrons. The first kappa shape index (κ1) is 15.2. The lowest BCUT2D eigenvalue weighted by molar-refractivity contribution is 0.0915. The number of aliphatic hydroxyl groups is 1. The van der Waals surface area contributed by atoms with Gasteiger partial charge in [-0.2, -0.15) is 0 Å². The van der Waals surface area contributed by atoms with Crippen LogP contribution in [-0.2, 0) is 6.42 Å². The van der Waals surface area contributed by atoms with Crippen molar-refractivity contribution in [1.29, 1.82) is 0 Å². The predicted molar refractivity (Wildman–Crippen MR) is 86.1 cm³/mol. The van der Waals surface area contributed by atoms with Gasteiger partial charge in [-0.15, -0.1) is 10.2 Å². The maximum Gasteiger partial charge on any atom is 0.253 e. The molecule has 0 saturated heterocycles. The first-order valence-electron chi connectivity index (χ1n) is 7.51. The monoisotopic (exact) mass is 310 g/mol. The summed E-state index contributed by atoms with van der Waals surface area (Å²) in [5.74, 6) is -0.251. The number of benzene rings is 1. The van der Waals surface area contributed by atoms with E-state index in [0.29, 0.717) is 11.2 Å². The van der Waals surface area contributed by atoms with Crippen molar-refractivity contribution >= 4 is 11.6 Å². The number of fused-ring (bicyclic) bond motifs is 1. The van der Waals surface area contributed by atoms with Gasteiger partial charge >= 0.3 is 0 Å². The van der Waals surface area contributed by atoms with Crippen molar-refractivity contribution in [3.63, 3.8) is 0 Å². The highest BCUT2D eigenvalue weighted by Gasteiger charge is 2.15. The third-order valence-electron chi connectivity index (χ3n) is 3.83. The highest BCUT2D eigenvalue weighted by molar-refractivity contribution is 5.94. The highest BCUT2D eigenvalue weighted by atomic mass is 16.3. The van der Waals surface area contributed by atoms with Gasteiger partial charge in [-0.25, -0.2) is 0 Å². The number of aryl methyl sites for hydroxylation is 1. The van der Waals surface area contributed by atoms with E-state index in [2.05, 4.69) is 22.4 Å². The van der Waals surface area contributed by atoms with E-state index in [9.17, 15) is 9.90 Å². The SMILES string of the molecule is CCc1ccc(C(CO)NC(=O)c2ccc3nncn3c2)cc1. The molecule has 1 amide bonds. The molecule has 1 aromatic carbocycles. The number of aliphatic hydroxyl groups excluding tert-OH is 1. The summed E-state index contributed by atoms with van der Waals surface area (Å²) in [5.41, 5.74) is 3.26. The molecular weight excluding hydrogens is 292 g/mol. The maximum atomic E-state index is 12.4. The number of rotatable bonds is 5. The Morgan fingerprint density at radius 3 is 2.74 bits per heavy atom. The van der Waals surface area contributed by atoms with Gasteiger partial charge in [0.05, 0.1) is 18.2 Å². The second-order valence-electron chi connectivity index (χ2n) is 5.32. The Balaban J connectivity index is 1.78. The summed E-state index contributed by atoms with van der Waals surface area (Å²) in [4.78, 5) is 12.4. The molecule has 0 bridgehead atoms. The van der Waals surface area contributed by atoms with Gasteiger partial charge in [-0.1, -0.05) is 31.2 Å². The Kier molecular flexibility index (Phi) is 4.34. The molecule has 0 saturated carbocycles. The van der Waals surface area contributed by atoms with Crippen molar-refractivity contribution in [3.05, 3.63) is 65.6 Å². The van der Waals surface area contributed by atoms with Crippen LogP contribution in [0.2, 0.25) is 0 Å². The second kappa shape index (κ2) is 6.58. The summed E-state index contributed by atoms with van der Waals surface area (Å²) in [6.07, 6.45) is 4.16. The number of carbonyl (C=O) groups excluding carboxylic acids is 1. The molecule has 0 aliphatic carbocycles. The first-order valence-corrected chi connectivity index (χ1v) is 7.51. The molecule has 6 heteroatoms. The fraction of sp³-hybridized carbons (Fsp3) is 0.235. The lowest BCUT2D eigenvalue weighted by Crippen LogP contribution is -2.30. The fourth-order valence-corrected chi connectivity index (χ4v) is 2.42.